The van der Waals surface area contributed by atoms with Crippen LogP contribution in [-0.2, 0) is 11.3 Å². The van der Waals surface area contributed by atoms with Crippen molar-refractivity contribution in [2.75, 3.05) is 12.5 Å². The van der Waals surface area contributed by atoms with Crippen molar-refractivity contribution in [3.05, 3.63) is 47.2 Å². The summed E-state index contributed by atoms with van der Waals surface area (Å²) in [6, 6.07) is 10.0. The smallest absolute Gasteiger partial charge is 0.152 e. The average Bonchev–Trinajstić information content (AvgIpc) is 3.01. The van der Waals surface area contributed by atoms with Crippen LogP contribution >= 0.6 is 23.2 Å². The molecule has 1 heterocycles. The van der Waals surface area contributed by atoms with Crippen LogP contribution in [0.15, 0.2) is 36.4 Å². The fourth-order valence-electron chi connectivity index (χ4n) is 3.15. The van der Waals surface area contributed by atoms with Crippen LogP contribution in [0.1, 0.15) is 26.7 Å². The average molecular weight is 437 g/mol. The van der Waals surface area contributed by atoms with E-state index in [0.29, 0.717) is 36.0 Å². The number of fused-ring (bicyclic) bond motifs is 1. The van der Waals surface area contributed by atoms with Gasteiger partial charge in [-0.05, 0) is 42.7 Å². The van der Waals surface area contributed by atoms with Gasteiger partial charge in [0.25, 0.3) is 0 Å². The summed E-state index contributed by atoms with van der Waals surface area (Å²) in [5.74, 6) is 1.64. The molecule has 7 heteroatoms. The number of halogens is 3. The van der Waals surface area contributed by atoms with Crippen molar-refractivity contribution in [3.8, 4) is 17.1 Å². The van der Waals surface area contributed by atoms with Crippen molar-refractivity contribution in [2.45, 2.75) is 33.2 Å². The molecule has 3 rings (SSSR count). The fourth-order valence-corrected chi connectivity index (χ4v) is 3.44. The van der Waals surface area contributed by atoms with Crippen LogP contribution in [0, 0.1) is 11.7 Å². The van der Waals surface area contributed by atoms with Crippen LogP contribution < -0.4 is 4.74 Å². The van der Waals surface area contributed by atoms with Crippen LogP contribution in [0.4, 0.5) is 4.39 Å². The first kappa shape index (κ1) is 21.6. The van der Waals surface area contributed by atoms with Gasteiger partial charge < -0.3 is 9.30 Å². The van der Waals surface area contributed by atoms with E-state index in [0.717, 1.165) is 17.5 Å². The van der Waals surface area contributed by atoms with Crippen molar-refractivity contribution in [1.29, 1.82) is 0 Å². The Morgan fingerprint density at radius 2 is 2.03 bits per heavy atom. The van der Waals surface area contributed by atoms with E-state index in [-0.39, 0.29) is 23.3 Å². The lowest BCUT2D eigenvalue weighted by atomic mass is 10.1. The second-order valence-corrected chi connectivity index (χ2v) is 8.11. The maximum absolute atomic E-state index is 13.6. The SMILES string of the molecule is CC(C)CC(=O)Cn1c(-c2ccc(F)c(Cl)c2)nc2ccc(OCCCCl)cc21. The number of carbonyl (C=O) groups is 1. The molecule has 0 saturated heterocycles. The predicted octanol–water partition coefficient (Wildman–Crippen LogP) is 6.12. The third-order valence-electron chi connectivity index (χ3n) is 4.41. The van der Waals surface area contributed by atoms with E-state index < -0.39 is 5.82 Å². The van der Waals surface area contributed by atoms with Gasteiger partial charge in [0.1, 0.15) is 17.4 Å². The maximum Gasteiger partial charge on any atom is 0.152 e. The minimum absolute atomic E-state index is 0.0136. The standard InChI is InChI=1S/C22H23Cl2FN2O2/c1-14(2)10-16(28)13-27-21-12-17(29-9-3-8-23)5-7-20(21)26-22(27)15-4-6-19(25)18(24)11-15/h4-7,11-12,14H,3,8-10,13H2,1-2H3. The lowest BCUT2D eigenvalue weighted by Crippen LogP contribution is -2.13. The first-order valence-electron chi connectivity index (χ1n) is 9.55. The highest BCUT2D eigenvalue weighted by atomic mass is 35.5. The second-order valence-electron chi connectivity index (χ2n) is 7.33. The van der Waals surface area contributed by atoms with E-state index in [1.54, 1.807) is 6.07 Å². The van der Waals surface area contributed by atoms with E-state index in [9.17, 15) is 9.18 Å². The monoisotopic (exact) mass is 436 g/mol. The zero-order valence-electron chi connectivity index (χ0n) is 16.4. The lowest BCUT2D eigenvalue weighted by molar-refractivity contribution is -0.120. The van der Waals surface area contributed by atoms with Gasteiger partial charge in [-0.2, -0.15) is 0 Å². The highest BCUT2D eigenvalue weighted by Crippen LogP contribution is 2.30. The van der Waals surface area contributed by atoms with Gasteiger partial charge in [0.15, 0.2) is 5.78 Å². The molecular weight excluding hydrogens is 414 g/mol. The Kier molecular flexibility index (Phi) is 7.14. The molecule has 4 nitrogen and oxygen atoms in total. The molecule has 2 aromatic carbocycles. The normalized spacial score (nSPS) is 11.4. The number of carbonyl (C=O) groups excluding carboxylic acids is 1. The Bertz CT molecular complexity index is 1020. The van der Waals surface area contributed by atoms with Crippen molar-refractivity contribution in [3.63, 3.8) is 0 Å². The highest BCUT2D eigenvalue weighted by molar-refractivity contribution is 6.31. The number of Topliss-reactive ketones (excluding diaryl/α,β-unsaturated/α-hetero) is 1. The van der Waals surface area contributed by atoms with Crippen molar-refractivity contribution in [1.82, 2.24) is 9.55 Å². The molecule has 154 valence electrons. The zero-order chi connectivity index (χ0) is 21.0. The molecule has 1 aromatic heterocycles. The number of ketones is 1. The summed E-state index contributed by atoms with van der Waals surface area (Å²) in [5.41, 5.74) is 2.15. The molecule has 0 radical (unpaired) electrons. The Balaban J connectivity index is 2.06. The molecule has 0 fully saturated rings. The largest absolute Gasteiger partial charge is 0.493 e. The number of hydrogen-bond acceptors (Lipinski definition) is 3. The molecule has 0 aliphatic heterocycles. The summed E-state index contributed by atoms with van der Waals surface area (Å²) >= 11 is 11.7. The van der Waals surface area contributed by atoms with Gasteiger partial charge in [-0.3, -0.25) is 4.79 Å². The molecule has 0 N–H and O–H groups in total. The minimum atomic E-state index is -0.496. The van der Waals surface area contributed by atoms with Crippen molar-refractivity contribution >= 4 is 40.0 Å². The summed E-state index contributed by atoms with van der Waals surface area (Å²) in [4.78, 5) is 17.3. The summed E-state index contributed by atoms with van der Waals surface area (Å²) in [7, 11) is 0. The topological polar surface area (TPSA) is 44.1 Å². The van der Waals surface area contributed by atoms with Crippen LogP contribution in [0.25, 0.3) is 22.4 Å². The first-order valence-corrected chi connectivity index (χ1v) is 10.5. The predicted molar refractivity (Wildman–Crippen MR) is 115 cm³/mol. The van der Waals surface area contributed by atoms with Crippen LogP contribution in [0.3, 0.4) is 0 Å². The molecular formula is C22H23Cl2FN2O2. The van der Waals surface area contributed by atoms with E-state index in [1.165, 1.54) is 12.1 Å². The van der Waals surface area contributed by atoms with Gasteiger partial charge in [0, 0.05) is 23.9 Å². The van der Waals surface area contributed by atoms with E-state index in [2.05, 4.69) is 4.98 Å². The highest BCUT2D eigenvalue weighted by Gasteiger charge is 2.17. The third kappa shape index (κ3) is 5.28. The molecule has 0 aliphatic rings. The number of hydrogen-bond donors (Lipinski definition) is 0. The van der Waals surface area contributed by atoms with E-state index in [4.69, 9.17) is 27.9 Å². The summed E-state index contributed by atoms with van der Waals surface area (Å²) in [6.07, 6.45) is 1.21. The maximum atomic E-state index is 13.6. The van der Waals surface area contributed by atoms with Gasteiger partial charge in [0.05, 0.1) is 29.2 Å². The Morgan fingerprint density at radius 1 is 1.24 bits per heavy atom. The van der Waals surface area contributed by atoms with Gasteiger partial charge in [-0.1, -0.05) is 25.4 Å². The molecule has 0 aliphatic carbocycles. The van der Waals surface area contributed by atoms with Gasteiger partial charge in [-0.15, -0.1) is 11.6 Å². The van der Waals surface area contributed by atoms with Crippen LogP contribution in [-0.4, -0.2) is 27.8 Å². The number of rotatable bonds is 9. The van der Waals surface area contributed by atoms with Crippen molar-refractivity contribution in [2.24, 2.45) is 5.92 Å². The minimum Gasteiger partial charge on any atom is -0.493 e. The summed E-state index contributed by atoms with van der Waals surface area (Å²) in [6.45, 7) is 4.70. The Hall–Kier alpha value is -2.11. The molecule has 0 bridgehead atoms. The fraction of sp³-hybridized carbons (Fsp3) is 0.364. The second kappa shape index (κ2) is 9.59. The summed E-state index contributed by atoms with van der Waals surface area (Å²) < 4.78 is 21.2. The van der Waals surface area contributed by atoms with Crippen LogP contribution in [0.2, 0.25) is 5.02 Å². The molecule has 0 amide bonds. The molecule has 0 atom stereocenters. The number of nitrogens with zero attached hydrogens (tertiary/aromatic N) is 2. The number of alkyl halides is 1. The van der Waals surface area contributed by atoms with Crippen LogP contribution in [0.5, 0.6) is 5.75 Å². The molecule has 0 saturated carbocycles. The van der Waals surface area contributed by atoms with E-state index in [1.807, 2.05) is 36.6 Å². The Labute approximate surface area is 179 Å². The number of benzene rings is 2. The Morgan fingerprint density at radius 3 is 2.72 bits per heavy atom. The lowest BCUT2D eigenvalue weighted by Gasteiger charge is -2.11. The molecule has 29 heavy (non-hydrogen) atoms. The molecule has 3 aromatic rings. The van der Waals surface area contributed by atoms with Gasteiger partial charge in [-0.25, -0.2) is 9.37 Å². The molecule has 0 spiro atoms. The van der Waals surface area contributed by atoms with Crippen molar-refractivity contribution < 1.29 is 13.9 Å². The van der Waals surface area contributed by atoms with Gasteiger partial charge in [0.2, 0.25) is 0 Å². The zero-order valence-corrected chi connectivity index (χ0v) is 17.9. The molecule has 0 unspecified atom stereocenters. The first-order chi connectivity index (χ1) is 13.9. The quantitative estimate of drug-likeness (QED) is 0.299. The number of ether oxygens (including phenoxy) is 1. The number of imidazole rings is 1. The van der Waals surface area contributed by atoms with E-state index >= 15 is 0 Å². The third-order valence-corrected chi connectivity index (χ3v) is 4.97. The summed E-state index contributed by atoms with van der Waals surface area (Å²) in [5, 5.41) is 0.0136. The number of aromatic nitrogens is 2. The van der Waals surface area contributed by atoms with Gasteiger partial charge >= 0.3 is 0 Å².